The van der Waals surface area contributed by atoms with Gasteiger partial charge in [0.2, 0.25) is 0 Å². The van der Waals surface area contributed by atoms with Gasteiger partial charge in [-0.3, -0.25) is 4.55 Å². The molecule has 124 valence electrons. The smallest absolute Gasteiger partial charge is 1.00 e. The normalized spacial score (nSPS) is 10.4. The minimum absolute atomic E-state index is 0. The average Bonchev–Trinajstić information content (AvgIpc) is 2.48. The Morgan fingerprint density at radius 2 is 1.57 bits per heavy atom. The number of benzene rings is 1. The van der Waals surface area contributed by atoms with Gasteiger partial charge in [-0.1, -0.05) is 0 Å². The zero-order chi connectivity index (χ0) is 16.8. The fourth-order valence-corrected chi connectivity index (χ4v) is 2.07. The maximum absolute atomic E-state index is 11.5. The summed E-state index contributed by atoms with van der Waals surface area (Å²) in [7, 11) is -1.67. The zero-order valence-electron chi connectivity index (χ0n) is 14.1. The van der Waals surface area contributed by atoms with Gasteiger partial charge in [0.25, 0.3) is 10.1 Å². The Balaban J connectivity index is 0. The van der Waals surface area contributed by atoms with Gasteiger partial charge in [-0.25, -0.2) is 9.59 Å². The van der Waals surface area contributed by atoms with E-state index in [1.165, 1.54) is 32.4 Å². The summed E-state index contributed by atoms with van der Waals surface area (Å²) in [5.41, 5.74) is 0.186. The fraction of sp³-hybridized carbons (Fsp3) is 0.385. The Kier molecular flexibility index (Phi) is 9.40. The third-order valence-electron chi connectivity index (χ3n) is 2.56. The van der Waals surface area contributed by atoms with E-state index in [1.807, 2.05) is 0 Å². The van der Waals surface area contributed by atoms with E-state index in [0.717, 1.165) is 0 Å². The number of carbonyl (C=O) groups is 2. The summed E-state index contributed by atoms with van der Waals surface area (Å²) in [6.07, 6.45) is 0.0504. The van der Waals surface area contributed by atoms with Crippen LogP contribution in [0.2, 0.25) is 0 Å². The number of ether oxygens (including phenoxy) is 3. The fourth-order valence-electron chi connectivity index (χ4n) is 1.59. The average molecular weight is 356 g/mol. The van der Waals surface area contributed by atoms with Gasteiger partial charge in [0.05, 0.1) is 37.7 Å². The topological polar surface area (TPSA) is 116 Å². The van der Waals surface area contributed by atoms with Gasteiger partial charge >= 0.3 is 41.5 Å². The molecular formula is C13H17NaO8S. The van der Waals surface area contributed by atoms with Crippen LogP contribution >= 0.6 is 0 Å². The molecule has 0 bridgehead atoms. The molecule has 1 aromatic carbocycles. The molecule has 8 nitrogen and oxygen atoms in total. The van der Waals surface area contributed by atoms with Crippen LogP contribution in [-0.4, -0.2) is 51.5 Å². The van der Waals surface area contributed by atoms with Crippen molar-refractivity contribution >= 4 is 22.1 Å². The minimum Gasteiger partial charge on any atom is -1.00 e. The summed E-state index contributed by atoms with van der Waals surface area (Å²) in [6, 6.07) is 4.00. The summed E-state index contributed by atoms with van der Waals surface area (Å²) in [5.74, 6) is -1.59. The van der Waals surface area contributed by atoms with Gasteiger partial charge in [0.1, 0.15) is 5.75 Å². The Morgan fingerprint density at radius 3 is 1.96 bits per heavy atom. The number of hydrogen-bond donors (Lipinski definition) is 1. The van der Waals surface area contributed by atoms with Crippen LogP contribution in [0.25, 0.3) is 0 Å². The standard InChI is InChI=1S/C13H16O8S.Na.H/c1-19-12(14)9-6-10(13(15)20-2)8-11(7-9)21-4-3-5-22(16,17)18;;/h6-8H,3-5H2,1-2H3,(H,16,17,18);;/q;+1;-1. The van der Waals surface area contributed by atoms with Crippen LogP contribution in [-0.2, 0) is 19.6 Å². The third-order valence-corrected chi connectivity index (χ3v) is 3.37. The van der Waals surface area contributed by atoms with Crippen molar-refractivity contribution in [2.45, 2.75) is 6.42 Å². The molecular weight excluding hydrogens is 339 g/mol. The van der Waals surface area contributed by atoms with Crippen molar-refractivity contribution in [3.63, 3.8) is 0 Å². The van der Waals surface area contributed by atoms with E-state index in [-0.39, 0.29) is 60.9 Å². The zero-order valence-corrected chi connectivity index (χ0v) is 15.9. The molecule has 0 aliphatic rings. The molecule has 0 saturated carbocycles. The number of carbonyl (C=O) groups excluding carboxylic acids is 2. The van der Waals surface area contributed by atoms with Crippen LogP contribution in [0.15, 0.2) is 18.2 Å². The molecule has 23 heavy (non-hydrogen) atoms. The van der Waals surface area contributed by atoms with Crippen LogP contribution < -0.4 is 34.3 Å². The first kappa shape index (κ1) is 21.9. The molecule has 0 unspecified atom stereocenters. The van der Waals surface area contributed by atoms with E-state index in [0.29, 0.717) is 0 Å². The van der Waals surface area contributed by atoms with Gasteiger partial charge in [-0.15, -0.1) is 0 Å². The summed E-state index contributed by atoms with van der Waals surface area (Å²) in [4.78, 5) is 23.1. The first-order valence-electron chi connectivity index (χ1n) is 6.16. The minimum atomic E-state index is -4.06. The van der Waals surface area contributed by atoms with Crippen LogP contribution in [0.3, 0.4) is 0 Å². The van der Waals surface area contributed by atoms with Crippen molar-refractivity contribution < 1.29 is 67.8 Å². The van der Waals surface area contributed by atoms with Crippen molar-refractivity contribution in [3.8, 4) is 5.75 Å². The number of rotatable bonds is 7. The predicted octanol–water partition coefficient (Wildman–Crippen LogP) is -1.97. The molecule has 0 spiro atoms. The van der Waals surface area contributed by atoms with Gasteiger partial charge in [0.15, 0.2) is 0 Å². The molecule has 0 aliphatic heterocycles. The summed E-state index contributed by atoms with van der Waals surface area (Å²) >= 11 is 0. The van der Waals surface area contributed by atoms with Crippen molar-refractivity contribution in [3.05, 3.63) is 29.3 Å². The number of methoxy groups -OCH3 is 2. The van der Waals surface area contributed by atoms with E-state index in [1.54, 1.807) is 0 Å². The molecule has 0 aliphatic carbocycles. The van der Waals surface area contributed by atoms with Crippen LogP contribution in [0.4, 0.5) is 0 Å². The van der Waals surface area contributed by atoms with E-state index in [2.05, 4.69) is 9.47 Å². The third kappa shape index (κ3) is 7.80. The monoisotopic (exact) mass is 356 g/mol. The molecule has 0 amide bonds. The maximum Gasteiger partial charge on any atom is 1.00 e. The van der Waals surface area contributed by atoms with Crippen LogP contribution in [0.5, 0.6) is 5.75 Å². The van der Waals surface area contributed by atoms with E-state index < -0.39 is 27.8 Å². The van der Waals surface area contributed by atoms with Crippen molar-refractivity contribution in [1.82, 2.24) is 0 Å². The van der Waals surface area contributed by atoms with Crippen LogP contribution in [0, 0.1) is 0 Å². The molecule has 1 rings (SSSR count). The van der Waals surface area contributed by atoms with Gasteiger partial charge in [0, 0.05) is 0 Å². The molecule has 0 fully saturated rings. The molecule has 0 radical (unpaired) electrons. The maximum atomic E-state index is 11.5. The molecule has 1 N–H and O–H groups in total. The van der Waals surface area contributed by atoms with Gasteiger partial charge in [-0.05, 0) is 24.6 Å². The second-order valence-corrected chi connectivity index (χ2v) is 5.79. The van der Waals surface area contributed by atoms with Crippen LogP contribution in [0.1, 0.15) is 28.6 Å². The second kappa shape index (κ2) is 9.89. The van der Waals surface area contributed by atoms with Gasteiger partial charge in [-0.2, -0.15) is 8.42 Å². The molecule has 1 aromatic rings. The second-order valence-electron chi connectivity index (χ2n) is 4.22. The van der Waals surface area contributed by atoms with Gasteiger partial charge < -0.3 is 15.6 Å². The number of hydrogen-bond acceptors (Lipinski definition) is 7. The largest absolute Gasteiger partial charge is 1.00 e. The van der Waals surface area contributed by atoms with E-state index in [4.69, 9.17) is 9.29 Å². The molecule has 0 aromatic heterocycles. The first-order valence-corrected chi connectivity index (χ1v) is 7.77. The Morgan fingerprint density at radius 1 is 1.09 bits per heavy atom. The van der Waals surface area contributed by atoms with E-state index >= 15 is 0 Å². The Bertz CT molecular complexity index is 628. The Labute approximate surface area is 157 Å². The quantitative estimate of drug-likeness (QED) is 0.259. The summed E-state index contributed by atoms with van der Waals surface area (Å²) in [6.45, 7) is -0.0228. The number of esters is 2. The molecule has 10 heteroatoms. The SMILES string of the molecule is COC(=O)c1cc(OCCCS(=O)(=O)O)cc(C(=O)OC)c1.[H-].[Na+]. The van der Waals surface area contributed by atoms with E-state index in [9.17, 15) is 18.0 Å². The molecule has 0 heterocycles. The first-order chi connectivity index (χ1) is 10.3. The van der Waals surface area contributed by atoms with Crippen molar-refractivity contribution in [1.29, 1.82) is 0 Å². The molecule has 0 atom stereocenters. The molecule has 0 saturated heterocycles. The summed E-state index contributed by atoms with van der Waals surface area (Å²) < 4.78 is 44.2. The van der Waals surface area contributed by atoms with Crippen molar-refractivity contribution in [2.75, 3.05) is 26.6 Å². The predicted molar refractivity (Wildman–Crippen MR) is 76.8 cm³/mol. The summed E-state index contributed by atoms with van der Waals surface area (Å²) in [5, 5.41) is 0. The Hall–Kier alpha value is -1.13. The van der Waals surface area contributed by atoms with Crippen molar-refractivity contribution in [2.24, 2.45) is 0 Å².